The van der Waals surface area contributed by atoms with E-state index in [-0.39, 0.29) is 0 Å². The smallest absolute Gasteiger partial charge is 0.212 e. The third-order valence-electron chi connectivity index (χ3n) is 3.44. The van der Waals surface area contributed by atoms with Crippen molar-refractivity contribution in [2.45, 2.75) is 38.6 Å². The lowest BCUT2D eigenvalue weighted by atomic mass is 10.0. The Labute approximate surface area is 101 Å². The number of rotatable bonds is 2. The molecule has 0 spiro atoms. The van der Waals surface area contributed by atoms with Gasteiger partial charge in [0.05, 0.1) is 6.04 Å². The normalized spacial score (nSPS) is 20.5. The van der Waals surface area contributed by atoms with Gasteiger partial charge in [0.25, 0.3) is 0 Å². The maximum Gasteiger partial charge on any atom is 0.212 e. The van der Waals surface area contributed by atoms with E-state index in [0.717, 1.165) is 30.0 Å². The number of fused-ring (bicyclic) bond motifs is 1. The first kappa shape index (κ1) is 10.8. The minimum atomic E-state index is 0.308. The fourth-order valence-corrected chi connectivity index (χ4v) is 2.49. The van der Waals surface area contributed by atoms with Crippen molar-refractivity contribution in [2.24, 2.45) is 0 Å². The molecule has 1 fully saturated rings. The van der Waals surface area contributed by atoms with Gasteiger partial charge in [0.2, 0.25) is 5.89 Å². The fraction of sp³-hybridized carbons (Fsp3) is 0.500. The summed E-state index contributed by atoms with van der Waals surface area (Å²) >= 11 is 0. The average Bonchev–Trinajstić information content (AvgIpc) is 2.96. The van der Waals surface area contributed by atoms with Gasteiger partial charge in [-0.3, -0.25) is 0 Å². The van der Waals surface area contributed by atoms with E-state index in [0.29, 0.717) is 12.0 Å². The van der Waals surface area contributed by atoms with Gasteiger partial charge in [-0.05, 0) is 36.9 Å². The van der Waals surface area contributed by atoms with Crippen LogP contribution >= 0.6 is 0 Å². The van der Waals surface area contributed by atoms with Crippen LogP contribution in [-0.2, 0) is 0 Å². The number of benzene rings is 1. The number of nitrogens with zero attached hydrogens (tertiary/aromatic N) is 1. The lowest BCUT2D eigenvalue weighted by Crippen LogP contribution is -2.12. The van der Waals surface area contributed by atoms with Crippen molar-refractivity contribution >= 4 is 11.1 Å². The molecule has 2 heterocycles. The predicted octanol–water partition coefficient (Wildman–Crippen LogP) is 3.38. The summed E-state index contributed by atoms with van der Waals surface area (Å²) in [5.74, 6) is 1.32. The zero-order valence-corrected chi connectivity index (χ0v) is 10.4. The van der Waals surface area contributed by atoms with Gasteiger partial charge >= 0.3 is 0 Å². The second-order valence-corrected chi connectivity index (χ2v) is 5.05. The molecule has 1 unspecified atom stereocenters. The van der Waals surface area contributed by atoms with Crippen LogP contribution in [0.5, 0.6) is 0 Å². The molecule has 1 aromatic carbocycles. The van der Waals surface area contributed by atoms with E-state index in [4.69, 9.17) is 4.42 Å². The van der Waals surface area contributed by atoms with Gasteiger partial charge in [0.1, 0.15) is 5.52 Å². The third kappa shape index (κ3) is 1.84. The monoisotopic (exact) mass is 230 g/mol. The molecular formula is C14H18N2O. The summed E-state index contributed by atoms with van der Waals surface area (Å²) in [7, 11) is 0. The van der Waals surface area contributed by atoms with Gasteiger partial charge in [-0.25, -0.2) is 4.98 Å². The highest BCUT2D eigenvalue weighted by Gasteiger charge is 2.22. The second kappa shape index (κ2) is 4.15. The van der Waals surface area contributed by atoms with Crippen molar-refractivity contribution in [2.75, 3.05) is 6.54 Å². The highest BCUT2D eigenvalue weighted by Crippen LogP contribution is 2.30. The lowest BCUT2D eigenvalue weighted by molar-refractivity contribution is 0.449. The Morgan fingerprint density at radius 2 is 2.29 bits per heavy atom. The summed E-state index contributed by atoms with van der Waals surface area (Å²) in [5, 5.41) is 3.43. The molecule has 0 amide bonds. The quantitative estimate of drug-likeness (QED) is 0.859. The second-order valence-electron chi connectivity index (χ2n) is 5.05. The Hall–Kier alpha value is -1.35. The summed E-state index contributed by atoms with van der Waals surface area (Å²) in [6, 6.07) is 6.53. The lowest BCUT2D eigenvalue weighted by Gasteiger charge is -2.05. The van der Waals surface area contributed by atoms with Crippen LogP contribution in [0.4, 0.5) is 0 Å². The summed E-state index contributed by atoms with van der Waals surface area (Å²) in [5.41, 5.74) is 3.20. The Bertz CT molecular complexity index is 524. The maximum absolute atomic E-state index is 5.97. The highest BCUT2D eigenvalue weighted by molar-refractivity contribution is 5.77. The molecule has 3 rings (SSSR count). The van der Waals surface area contributed by atoms with Crippen LogP contribution in [0.25, 0.3) is 11.1 Å². The molecule has 1 aliphatic heterocycles. The predicted molar refractivity (Wildman–Crippen MR) is 68.1 cm³/mol. The number of oxazole rings is 1. The van der Waals surface area contributed by atoms with Gasteiger partial charge < -0.3 is 9.73 Å². The largest absolute Gasteiger partial charge is 0.439 e. The number of aromatic nitrogens is 1. The van der Waals surface area contributed by atoms with Crippen molar-refractivity contribution in [3.8, 4) is 0 Å². The van der Waals surface area contributed by atoms with Crippen LogP contribution in [0.2, 0.25) is 0 Å². The van der Waals surface area contributed by atoms with Crippen molar-refractivity contribution in [3.05, 3.63) is 29.7 Å². The summed E-state index contributed by atoms with van der Waals surface area (Å²) < 4.78 is 5.97. The zero-order chi connectivity index (χ0) is 11.8. The van der Waals surface area contributed by atoms with E-state index in [1.54, 1.807) is 0 Å². The Kier molecular flexibility index (Phi) is 2.63. The average molecular weight is 230 g/mol. The molecule has 1 aromatic heterocycles. The van der Waals surface area contributed by atoms with E-state index in [9.17, 15) is 0 Å². The summed E-state index contributed by atoms with van der Waals surface area (Å²) in [6.07, 6.45) is 2.34. The first-order chi connectivity index (χ1) is 8.25. The van der Waals surface area contributed by atoms with Crippen molar-refractivity contribution < 1.29 is 4.42 Å². The first-order valence-electron chi connectivity index (χ1n) is 6.38. The molecule has 1 N–H and O–H groups in total. The fourth-order valence-electron chi connectivity index (χ4n) is 2.49. The molecule has 0 saturated carbocycles. The molecule has 0 aliphatic carbocycles. The first-order valence-corrected chi connectivity index (χ1v) is 6.38. The standard InChI is InChI=1S/C14H18N2O/c1-9(2)10-5-3-6-11-13(10)17-14(16-11)12-7-4-8-15-12/h3,5-6,9,12,15H,4,7-8H2,1-2H3. The van der Waals surface area contributed by atoms with Gasteiger partial charge in [0, 0.05) is 0 Å². The molecule has 3 heteroatoms. The van der Waals surface area contributed by atoms with Crippen LogP contribution in [0.15, 0.2) is 22.6 Å². The Morgan fingerprint density at radius 1 is 1.41 bits per heavy atom. The third-order valence-corrected chi connectivity index (χ3v) is 3.44. The van der Waals surface area contributed by atoms with E-state index in [1.165, 1.54) is 12.0 Å². The van der Waals surface area contributed by atoms with Gasteiger partial charge in [0.15, 0.2) is 5.58 Å². The van der Waals surface area contributed by atoms with E-state index < -0.39 is 0 Å². The van der Waals surface area contributed by atoms with Crippen LogP contribution in [0, 0.1) is 0 Å². The summed E-state index contributed by atoms with van der Waals surface area (Å²) in [6.45, 7) is 5.44. The molecule has 17 heavy (non-hydrogen) atoms. The molecule has 0 radical (unpaired) electrons. The van der Waals surface area contributed by atoms with Crippen LogP contribution in [-0.4, -0.2) is 11.5 Å². The van der Waals surface area contributed by atoms with Gasteiger partial charge in [-0.15, -0.1) is 0 Å². The minimum Gasteiger partial charge on any atom is -0.439 e. The SMILES string of the molecule is CC(C)c1cccc2nc(C3CCCN3)oc12. The number of hydrogen-bond acceptors (Lipinski definition) is 3. The number of hydrogen-bond donors (Lipinski definition) is 1. The van der Waals surface area contributed by atoms with Gasteiger partial charge in [-0.1, -0.05) is 26.0 Å². The topological polar surface area (TPSA) is 38.1 Å². The number of nitrogens with one attached hydrogen (secondary N) is 1. The molecule has 90 valence electrons. The molecule has 0 bridgehead atoms. The van der Waals surface area contributed by atoms with Crippen LogP contribution in [0.1, 0.15) is 50.1 Å². The van der Waals surface area contributed by atoms with Crippen molar-refractivity contribution in [1.29, 1.82) is 0 Å². The minimum absolute atomic E-state index is 0.308. The van der Waals surface area contributed by atoms with E-state index in [1.807, 2.05) is 6.07 Å². The van der Waals surface area contributed by atoms with Crippen LogP contribution < -0.4 is 5.32 Å². The Morgan fingerprint density at radius 3 is 3.00 bits per heavy atom. The summed E-state index contributed by atoms with van der Waals surface area (Å²) in [4.78, 5) is 4.61. The van der Waals surface area contributed by atoms with E-state index >= 15 is 0 Å². The molecular weight excluding hydrogens is 212 g/mol. The van der Waals surface area contributed by atoms with Crippen molar-refractivity contribution in [1.82, 2.24) is 10.3 Å². The highest BCUT2D eigenvalue weighted by atomic mass is 16.3. The van der Waals surface area contributed by atoms with Crippen molar-refractivity contribution in [3.63, 3.8) is 0 Å². The van der Waals surface area contributed by atoms with E-state index in [2.05, 4.69) is 36.3 Å². The molecule has 2 aromatic rings. The van der Waals surface area contributed by atoms with Gasteiger partial charge in [-0.2, -0.15) is 0 Å². The molecule has 1 saturated heterocycles. The molecule has 1 aliphatic rings. The number of para-hydroxylation sites is 1. The Balaban J connectivity index is 2.08. The zero-order valence-electron chi connectivity index (χ0n) is 10.4. The molecule has 1 atom stereocenters. The molecule has 3 nitrogen and oxygen atoms in total. The van der Waals surface area contributed by atoms with Crippen LogP contribution in [0.3, 0.4) is 0 Å². The maximum atomic E-state index is 5.97.